The van der Waals surface area contributed by atoms with E-state index in [-0.39, 0.29) is 17.5 Å². The number of nitrogens with zero attached hydrogens (tertiary/aromatic N) is 1. The van der Waals surface area contributed by atoms with Gasteiger partial charge in [0, 0.05) is 23.2 Å². The summed E-state index contributed by atoms with van der Waals surface area (Å²) >= 11 is 5.92. The number of aromatic nitrogens is 1. The first kappa shape index (κ1) is 16.5. The van der Waals surface area contributed by atoms with E-state index in [0.717, 1.165) is 5.56 Å². The van der Waals surface area contributed by atoms with Crippen molar-refractivity contribution < 1.29 is 14.4 Å². The number of halogens is 1. The van der Waals surface area contributed by atoms with Gasteiger partial charge >= 0.3 is 0 Å². The summed E-state index contributed by atoms with van der Waals surface area (Å²) in [5.74, 6) is 0.321. The predicted octanol–water partition coefficient (Wildman–Crippen LogP) is 3.13. The van der Waals surface area contributed by atoms with Crippen molar-refractivity contribution in [1.82, 2.24) is 10.5 Å². The average molecular weight is 323 g/mol. The van der Waals surface area contributed by atoms with Gasteiger partial charge in [-0.3, -0.25) is 4.79 Å². The van der Waals surface area contributed by atoms with Crippen LogP contribution < -0.4 is 5.32 Å². The molecule has 6 heteroatoms. The molecule has 1 aromatic carbocycles. The second-order valence-corrected chi connectivity index (χ2v) is 5.88. The SMILES string of the molecule is CC(C)C(O)CCNC(=O)c1cc(-c2cccc(Cl)c2)on1. The van der Waals surface area contributed by atoms with Gasteiger partial charge in [0.25, 0.3) is 5.91 Å². The highest BCUT2D eigenvalue weighted by molar-refractivity contribution is 6.30. The van der Waals surface area contributed by atoms with Crippen molar-refractivity contribution >= 4 is 17.5 Å². The van der Waals surface area contributed by atoms with Crippen molar-refractivity contribution in [3.8, 4) is 11.3 Å². The molecule has 1 atom stereocenters. The lowest BCUT2D eigenvalue weighted by Crippen LogP contribution is -2.28. The molecule has 0 bridgehead atoms. The summed E-state index contributed by atoms with van der Waals surface area (Å²) in [7, 11) is 0. The zero-order chi connectivity index (χ0) is 16.1. The van der Waals surface area contributed by atoms with Gasteiger partial charge in [0.1, 0.15) is 0 Å². The Morgan fingerprint density at radius 1 is 1.41 bits per heavy atom. The summed E-state index contributed by atoms with van der Waals surface area (Å²) < 4.78 is 5.17. The first-order chi connectivity index (χ1) is 10.5. The number of amides is 1. The summed E-state index contributed by atoms with van der Waals surface area (Å²) in [5.41, 5.74) is 0.961. The van der Waals surface area contributed by atoms with Crippen LogP contribution in [0, 0.1) is 5.92 Å². The molecule has 5 nitrogen and oxygen atoms in total. The van der Waals surface area contributed by atoms with Crippen LogP contribution in [-0.2, 0) is 0 Å². The standard InChI is InChI=1S/C16H19ClN2O3/c1-10(2)14(20)6-7-18-16(21)13-9-15(22-19-13)11-4-3-5-12(17)8-11/h3-5,8-10,14,20H,6-7H2,1-2H3,(H,18,21). The molecule has 0 aliphatic heterocycles. The third-order valence-corrected chi connectivity index (χ3v) is 3.58. The lowest BCUT2D eigenvalue weighted by atomic mass is 10.0. The second-order valence-electron chi connectivity index (χ2n) is 5.44. The number of hydrogen-bond acceptors (Lipinski definition) is 4. The van der Waals surface area contributed by atoms with Crippen LogP contribution in [0.15, 0.2) is 34.9 Å². The smallest absolute Gasteiger partial charge is 0.273 e. The Morgan fingerprint density at radius 3 is 2.86 bits per heavy atom. The van der Waals surface area contributed by atoms with Gasteiger partial charge in [-0.1, -0.05) is 42.7 Å². The normalized spacial score (nSPS) is 12.4. The number of carbonyl (C=O) groups excluding carboxylic acids is 1. The zero-order valence-electron chi connectivity index (χ0n) is 12.5. The topological polar surface area (TPSA) is 75.4 Å². The van der Waals surface area contributed by atoms with Crippen molar-refractivity contribution in [2.24, 2.45) is 5.92 Å². The van der Waals surface area contributed by atoms with Crippen molar-refractivity contribution in [3.63, 3.8) is 0 Å². The molecule has 118 valence electrons. The van der Waals surface area contributed by atoms with E-state index in [2.05, 4.69) is 10.5 Å². The number of carbonyl (C=O) groups is 1. The molecule has 0 radical (unpaired) electrons. The molecular formula is C16H19ClN2O3. The third kappa shape index (κ3) is 4.32. The maximum Gasteiger partial charge on any atom is 0.273 e. The zero-order valence-corrected chi connectivity index (χ0v) is 13.3. The molecule has 0 spiro atoms. The summed E-state index contributed by atoms with van der Waals surface area (Å²) in [5, 5.41) is 16.8. The van der Waals surface area contributed by atoms with Gasteiger partial charge in [0.15, 0.2) is 11.5 Å². The molecule has 0 saturated heterocycles. The van der Waals surface area contributed by atoms with Gasteiger partial charge in [-0.15, -0.1) is 0 Å². The minimum absolute atomic E-state index is 0.165. The van der Waals surface area contributed by atoms with Gasteiger partial charge in [0.05, 0.1) is 6.10 Å². The van der Waals surface area contributed by atoms with Gasteiger partial charge < -0.3 is 14.9 Å². The Hall–Kier alpha value is -1.85. The number of aliphatic hydroxyl groups excluding tert-OH is 1. The summed E-state index contributed by atoms with van der Waals surface area (Å²) in [6.07, 6.45) is 0.0715. The third-order valence-electron chi connectivity index (χ3n) is 3.35. The lowest BCUT2D eigenvalue weighted by molar-refractivity contribution is 0.0912. The first-order valence-electron chi connectivity index (χ1n) is 7.16. The number of aliphatic hydroxyl groups is 1. The summed E-state index contributed by atoms with van der Waals surface area (Å²) in [4.78, 5) is 12.0. The minimum Gasteiger partial charge on any atom is -0.393 e. The summed E-state index contributed by atoms with van der Waals surface area (Å²) in [6, 6.07) is 8.69. The van der Waals surface area contributed by atoms with Gasteiger partial charge in [0.2, 0.25) is 0 Å². The van der Waals surface area contributed by atoms with E-state index in [9.17, 15) is 9.90 Å². The van der Waals surface area contributed by atoms with Crippen molar-refractivity contribution in [1.29, 1.82) is 0 Å². The highest BCUT2D eigenvalue weighted by atomic mass is 35.5. The largest absolute Gasteiger partial charge is 0.393 e. The highest BCUT2D eigenvalue weighted by Gasteiger charge is 2.15. The van der Waals surface area contributed by atoms with E-state index in [1.54, 1.807) is 24.3 Å². The van der Waals surface area contributed by atoms with Crippen LogP contribution in [0.1, 0.15) is 30.8 Å². The van der Waals surface area contributed by atoms with Crippen LogP contribution in [0.5, 0.6) is 0 Å². The van der Waals surface area contributed by atoms with Crippen molar-refractivity contribution in [2.45, 2.75) is 26.4 Å². The molecule has 2 N–H and O–H groups in total. The Balaban J connectivity index is 1.95. The fourth-order valence-corrected chi connectivity index (χ4v) is 2.11. The van der Waals surface area contributed by atoms with E-state index in [1.165, 1.54) is 0 Å². The summed E-state index contributed by atoms with van der Waals surface area (Å²) in [6.45, 7) is 4.25. The molecule has 0 fully saturated rings. The quantitative estimate of drug-likeness (QED) is 0.856. The van der Waals surface area contributed by atoms with Crippen LogP contribution in [0.3, 0.4) is 0 Å². The van der Waals surface area contributed by atoms with Crippen LogP contribution in [0.4, 0.5) is 0 Å². The van der Waals surface area contributed by atoms with E-state index in [1.807, 2.05) is 19.9 Å². The van der Waals surface area contributed by atoms with E-state index in [4.69, 9.17) is 16.1 Å². The van der Waals surface area contributed by atoms with E-state index >= 15 is 0 Å². The molecule has 0 aliphatic rings. The number of hydrogen-bond donors (Lipinski definition) is 2. The van der Waals surface area contributed by atoms with Crippen molar-refractivity contribution in [2.75, 3.05) is 6.54 Å². The number of nitrogens with one attached hydrogen (secondary N) is 1. The average Bonchev–Trinajstić information content (AvgIpc) is 2.96. The van der Waals surface area contributed by atoms with E-state index < -0.39 is 6.10 Å². The van der Waals surface area contributed by atoms with Gasteiger partial charge in [-0.25, -0.2) is 0 Å². The Morgan fingerprint density at radius 2 is 2.18 bits per heavy atom. The molecule has 22 heavy (non-hydrogen) atoms. The Labute approximate surface area is 134 Å². The molecule has 0 saturated carbocycles. The van der Waals surface area contributed by atoms with Crippen LogP contribution in [-0.4, -0.2) is 28.8 Å². The molecular weight excluding hydrogens is 304 g/mol. The van der Waals surface area contributed by atoms with Gasteiger partial charge in [-0.05, 0) is 24.5 Å². The van der Waals surface area contributed by atoms with Crippen LogP contribution in [0.25, 0.3) is 11.3 Å². The Kier molecular flexibility index (Phi) is 5.57. The van der Waals surface area contributed by atoms with Crippen molar-refractivity contribution in [3.05, 3.63) is 41.0 Å². The van der Waals surface area contributed by atoms with E-state index in [0.29, 0.717) is 23.7 Å². The fraction of sp³-hybridized carbons (Fsp3) is 0.375. The molecule has 1 unspecified atom stereocenters. The lowest BCUT2D eigenvalue weighted by Gasteiger charge is -2.13. The van der Waals surface area contributed by atoms with Gasteiger partial charge in [-0.2, -0.15) is 0 Å². The number of rotatable bonds is 6. The minimum atomic E-state index is -0.431. The molecule has 1 amide bonds. The highest BCUT2D eigenvalue weighted by Crippen LogP contribution is 2.23. The molecule has 1 heterocycles. The molecule has 0 aliphatic carbocycles. The predicted molar refractivity (Wildman–Crippen MR) is 84.7 cm³/mol. The maximum atomic E-state index is 12.0. The maximum absolute atomic E-state index is 12.0. The van der Waals surface area contributed by atoms with Crippen LogP contribution >= 0.6 is 11.6 Å². The first-order valence-corrected chi connectivity index (χ1v) is 7.54. The fourth-order valence-electron chi connectivity index (χ4n) is 1.92. The Bertz CT molecular complexity index is 640. The molecule has 2 rings (SSSR count). The number of benzene rings is 1. The molecule has 1 aromatic heterocycles. The second kappa shape index (κ2) is 7.42. The molecule has 2 aromatic rings. The van der Waals surface area contributed by atoms with Crippen LogP contribution in [0.2, 0.25) is 5.02 Å². The monoisotopic (exact) mass is 322 g/mol.